The van der Waals surface area contributed by atoms with Gasteiger partial charge in [0.05, 0.1) is 0 Å². The van der Waals surface area contributed by atoms with E-state index in [4.69, 9.17) is 10.2 Å². The van der Waals surface area contributed by atoms with Crippen molar-refractivity contribution in [2.75, 3.05) is 0 Å². The van der Waals surface area contributed by atoms with Gasteiger partial charge in [-0.1, -0.05) is 86.6 Å². The van der Waals surface area contributed by atoms with Crippen molar-refractivity contribution in [3.8, 4) is 11.5 Å². The fourth-order valence-corrected chi connectivity index (χ4v) is 3.86. The molecule has 0 saturated heterocycles. The predicted octanol–water partition coefficient (Wildman–Crippen LogP) is 6.48. The van der Waals surface area contributed by atoms with Crippen molar-refractivity contribution >= 4 is 11.9 Å². The van der Waals surface area contributed by atoms with Crippen molar-refractivity contribution in [1.29, 1.82) is 0 Å². The average molecular weight is 550 g/mol. The molecule has 0 saturated carbocycles. The Kier molecular flexibility index (Phi) is 10.6. The Balaban J connectivity index is 0.000000253. The number of hydrogen-bond acceptors (Lipinski definition) is 4. The van der Waals surface area contributed by atoms with Gasteiger partial charge in [-0.3, -0.25) is 0 Å². The topological polar surface area (TPSA) is 115 Å². The Morgan fingerprint density at radius 3 is 1.16 bits per heavy atom. The van der Waals surface area contributed by atoms with Gasteiger partial charge in [-0.25, -0.2) is 9.59 Å². The van der Waals surface area contributed by atoms with Crippen LogP contribution in [0.15, 0.2) is 97.1 Å². The van der Waals surface area contributed by atoms with Crippen LogP contribution in [0.1, 0.15) is 68.7 Å². The molecule has 4 aromatic carbocycles. The summed E-state index contributed by atoms with van der Waals surface area (Å²) in [6, 6.07) is 29.1. The number of phenols is 2. The Labute approximate surface area is 228 Å². The maximum absolute atomic E-state index is 11.0. The summed E-state index contributed by atoms with van der Waals surface area (Å²) in [7, 11) is 0. The molecule has 4 N–H and O–H groups in total. The third-order valence-corrected chi connectivity index (χ3v) is 6.10. The van der Waals surface area contributed by atoms with Crippen LogP contribution in [-0.2, 0) is 19.5 Å². The maximum atomic E-state index is 11.0. The molecule has 0 aliphatic carbocycles. The van der Waals surface area contributed by atoms with Crippen LogP contribution in [0.4, 0.5) is 0 Å². The van der Waals surface area contributed by atoms with E-state index < -0.39 is 11.9 Å². The van der Waals surface area contributed by atoms with Crippen molar-refractivity contribution in [2.24, 2.45) is 0 Å². The smallest absolute Gasteiger partial charge is 0.339 e. The zero-order valence-corrected chi connectivity index (χ0v) is 23.7. The quantitative estimate of drug-likeness (QED) is 0.205. The van der Waals surface area contributed by atoms with Gasteiger partial charge in [0.2, 0.25) is 0 Å². The van der Waals surface area contributed by atoms with E-state index in [0.29, 0.717) is 0 Å². The van der Waals surface area contributed by atoms with E-state index in [0.717, 1.165) is 22.3 Å². The molecule has 0 aromatic heterocycles. The molecule has 4 aromatic rings. The number of carbonyl (C=O) groups is 2. The standard InChI is InChI=1S/2C15H14O3.Zn/c2*1-10(11-5-3-2-4-6-11)12-7-8-14(16)13(9-12)15(17)18;/h2*2-10,16H,1H3,(H,17,18);. The Morgan fingerprint density at radius 1 is 0.541 bits per heavy atom. The molecule has 0 radical (unpaired) electrons. The molecule has 0 bridgehead atoms. The minimum absolute atomic E-state index is 0. The summed E-state index contributed by atoms with van der Waals surface area (Å²) in [6.07, 6.45) is 0. The van der Waals surface area contributed by atoms with E-state index >= 15 is 0 Å². The molecule has 37 heavy (non-hydrogen) atoms. The number of carboxylic acid groups (broad SMARTS) is 2. The second-order valence-corrected chi connectivity index (χ2v) is 8.43. The number of carboxylic acids is 2. The van der Waals surface area contributed by atoms with E-state index in [1.165, 1.54) is 24.3 Å². The van der Waals surface area contributed by atoms with Crippen LogP contribution in [0, 0.1) is 0 Å². The summed E-state index contributed by atoms with van der Waals surface area (Å²) < 4.78 is 0. The van der Waals surface area contributed by atoms with Crippen molar-refractivity contribution in [2.45, 2.75) is 25.7 Å². The minimum Gasteiger partial charge on any atom is -0.507 e. The molecule has 0 aliphatic rings. The number of aromatic hydroxyl groups is 2. The molecular formula is C30H28O6Zn. The second kappa shape index (κ2) is 13.4. The monoisotopic (exact) mass is 548 g/mol. The Bertz CT molecular complexity index is 1230. The van der Waals surface area contributed by atoms with Crippen LogP contribution in [0.25, 0.3) is 0 Å². The maximum Gasteiger partial charge on any atom is 0.339 e. The van der Waals surface area contributed by atoms with Crippen molar-refractivity contribution in [3.05, 3.63) is 130 Å². The molecule has 0 aliphatic heterocycles. The fraction of sp³-hybridized carbons (Fsp3) is 0.133. The van der Waals surface area contributed by atoms with Gasteiger partial charge in [-0.05, 0) is 46.5 Å². The van der Waals surface area contributed by atoms with Crippen LogP contribution < -0.4 is 0 Å². The number of hydrogen-bond donors (Lipinski definition) is 4. The number of benzene rings is 4. The summed E-state index contributed by atoms with van der Waals surface area (Å²) >= 11 is 0. The van der Waals surface area contributed by atoms with Crippen LogP contribution in [0.5, 0.6) is 11.5 Å². The Morgan fingerprint density at radius 2 is 0.865 bits per heavy atom. The first-order valence-corrected chi connectivity index (χ1v) is 11.4. The van der Waals surface area contributed by atoms with E-state index in [9.17, 15) is 19.8 Å². The summed E-state index contributed by atoms with van der Waals surface area (Å²) in [6.45, 7) is 4.01. The molecule has 4 rings (SSSR count). The number of aromatic carboxylic acids is 2. The van der Waals surface area contributed by atoms with E-state index in [2.05, 4.69) is 0 Å². The van der Waals surface area contributed by atoms with Crippen LogP contribution in [-0.4, -0.2) is 32.4 Å². The zero-order chi connectivity index (χ0) is 26.2. The van der Waals surface area contributed by atoms with Crippen LogP contribution in [0.2, 0.25) is 0 Å². The third-order valence-electron chi connectivity index (χ3n) is 6.10. The van der Waals surface area contributed by atoms with Gasteiger partial charge in [-0.15, -0.1) is 0 Å². The molecule has 2 atom stereocenters. The normalized spacial score (nSPS) is 11.7. The van der Waals surface area contributed by atoms with Crippen molar-refractivity contribution in [3.63, 3.8) is 0 Å². The summed E-state index contributed by atoms with van der Waals surface area (Å²) in [5.41, 5.74) is 3.84. The molecule has 186 valence electrons. The first-order valence-electron chi connectivity index (χ1n) is 11.4. The fourth-order valence-electron chi connectivity index (χ4n) is 3.86. The number of rotatable bonds is 6. The molecule has 0 amide bonds. The molecule has 0 heterocycles. The first-order chi connectivity index (χ1) is 17.2. The first kappa shape index (κ1) is 29.3. The molecule has 6 nitrogen and oxygen atoms in total. The molecule has 2 unspecified atom stereocenters. The van der Waals surface area contributed by atoms with Crippen LogP contribution >= 0.6 is 0 Å². The summed E-state index contributed by atoms with van der Waals surface area (Å²) in [5, 5.41) is 36.9. The summed E-state index contributed by atoms with van der Waals surface area (Å²) in [5.74, 6) is -2.46. The van der Waals surface area contributed by atoms with E-state index in [1.54, 1.807) is 12.1 Å². The van der Waals surface area contributed by atoms with Gasteiger partial charge in [0.25, 0.3) is 0 Å². The van der Waals surface area contributed by atoms with Crippen molar-refractivity contribution < 1.29 is 49.5 Å². The zero-order valence-electron chi connectivity index (χ0n) is 20.7. The molecule has 0 fully saturated rings. The largest absolute Gasteiger partial charge is 0.507 e. The SMILES string of the molecule is CC(c1ccccc1)c1ccc(O)c(C(=O)O)c1.CC(c1ccccc1)c1ccc(O)c(C(=O)O)c1.[Zn]. The minimum atomic E-state index is -1.12. The van der Waals surface area contributed by atoms with Crippen molar-refractivity contribution in [1.82, 2.24) is 0 Å². The average Bonchev–Trinajstić information content (AvgIpc) is 2.89. The Hall–Kier alpha value is -3.96. The van der Waals surface area contributed by atoms with Gasteiger partial charge < -0.3 is 20.4 Å². The molecular weight excluding hydrogens is 522 g/mol. The van der Waals surface area contributed by atoms with Gasteiger partial charge in [0, 0.05) is 31.3 Å². The third kappa shape index (κ3) is 7.51. The van der Waals surface area contributed by atoms with Gasteiger partial charge in [0.15, 0.2) is 0 Å². The van der Waals surface area contributed by atoms with Gasteiger partial charge in [-0.2, -0.15) is 0 Å². The molecule has 0 spiro atoms. The van der Waals surface area contributed by atoms with Gasteiger partial charge >= 0.3 is 11.9 Å². The molecule has 7 heteroatoms. The van der Waals surface area contributed by atoms with Crippen LogP contribution in [0.3, 0.4) is 0 Å². The van der Waals surface area contributed by atoms with Gasteiger partial charge in [0.1, 0.15) is 22.6 Å². The predicted molar refractivity (Wildman–Crippen MR) is 138 cm³/mol. The van der Waals surface area contributed by atoms with E-state index in [-0.39, 0.29) is 53.9 Å². The summed E-state index contributed by atoms with van der Waals surface area (Å²) in [4.78, 5) is 21.9. The van der Waals surface area contributed by atoms with E-state index in [1.807, 2.05) is 74.5 Å². The second-order valence-electron chi connectivity index (χ2n) is 8.43.